The molecule has 202 valence electrons. The highest BCUT2D eigenvalue weighted by Crippen LogP contribution is 2.49. The van der Waals surface area contributed by atoms with Crippen LogP contribution in [0.25, 0.3) is 32.1 Å². The highest BCUT2D eigenvalue weighted by Gasteiger charge is 2.56. The van der Waals surface area contributed by atoms with E-state index < -0.39 is 52.6 Å². The van der Waals surface area contributed by atoms with Gasteiger partial charge in [0, 0.05) is 28.8 Å². The number of alkyl halides is 4. The molecule has 3 atom stereocenters. The highest BCUT2D eigenvalue weighted by molar-refractivity contribution is 7.23. The summed E-state index contributed by atoms with van der Waals surface area (Å²) >= 11 is 0.673. The number of benzene rings is 2. The van der Waals surface area contributed by atoms with Gasteiger partial charge in [-0.05, 0) is 17.7 Å². The van der Waals surface area contributed by atoms with Crippen molar-refractivity contribution in [2.75, 3.05) is 37.5 Å². The van der Waals surface area contributed by atoms with Gasteiger partial charge < -0.3 is 20.1 Å². The van der Waals surface area contributed by atoms with Crippen molar-refractivity contribution in [1.82, 2.24) is 9.97 Å². The van der Waals surface area contributed by atoms with Crippen molar-refractivity contribution in [2.24, 2.45) is 5.92 Å². The van der Waals surface area contributed by atoms with E-state index in [0.29, 0.717) is 17.4 Å². The van der Waals surface area contributed by atoms with Crippen LogP contribution < -0.4 is 15.4 Å². The van der Waals surface area contributed by atoms with Crippen LogP contribution in [-0.4, -0.2) is 49.0 Å². The van der Waals surface area contributed by atoms with Crippen LogP contribution >= 0.6 is 11.3 Å². The molecule has 2 aromatic heterocycles. The lowest BCUT2D eigenvalue weighted by Gasteiger charge is -2.25. The number of fused-ring (bicyclic) bond motifs is 3. The van der Waals surface area contributed by atoms with Crippen molar-refractivity contribution < 1.29 is 35.8 Å². The monoisotopic (exact) mass is 565 g/mol. The lowest BCUT2D eigenvalue weighted by atomic mass is 9.92. The molecule has 3 heterocycles. The zero-order valence-corrected chi connectivity index (χ0v) is 20.8. The molecule has 4 aromatic rings. The molecule has 39 heavy (non-hydrogen) atoms. The van der Waals surface area contributed by atoms with E-state index in [1.165, 1.54) is 12.0 Å². The molecule has 2 N–H and O–H groups in total. The summed E-state index contributed by atoms with van der Waals surface area (Å²) in [5.41, 5.74) is 2.34. The second-order valence-corrected chi connectivity index (χ2v) is 10.2. The molecule has 1 aliphatic carbocycles. The van der Waals surface area contributed by atoms with Gasteiger partial charge in [0.1, 0.15) is 34.4 Å². The fraction of sp³-hybridized carbons (Fsp3) is 0.320. The molecule has 0 amide bonds. The lowest BCUT2D eigenvalue weighted by molar-refractivity contribution is -0.137. The number of aromatic nitrogens is 2. The normalized spacial score (nSPS) is 21.1. The quantitative estimate of drug-likeness (QED) is 0.330. The third kappa shape index (κ3) is 3.82. The third-order valence-corrected chi connectivity index (χ3v) is 8.06. The van der Waals surface area contributed by atoms with Gasteiger partial charge in [-0.1, -0.05) is 6.07 Å². The average molecular weight is 565 g/mol. The number of hydrogen-bond donors (Lipinski definition) is 1. The summed E-state index contributed by atoms with van der Waals surface area (Å²) in [4.78, 5) is 9.64. The van der Waals surface area contributed by atoms with Crippen molar-refractivity contribution >= 4 is 43.1 Å². The fourth-order valence-corrected chi connectivity index (χ4v) is 6.13. The lowest BCUT2D eigenvalue weighted by Crippen LogP contribution is -2.31. The highest BCUT2D eigenvalue weighted by atomic mass is 32.1. The zero-order valence-electron chi connectivity index (χ0n) is 19.9. The van der Waals surface area contributed by atoms with E-state index in [-0.39, 0.29) is 63.2 Å². The van der Waals surface area contributed by atoms with E-state index in [0.717, 1.165) is 12.1 Å². The number of ether oxygens (including phenoxy) is 2. The standard InChI is InChI=1S/C25H17F6N5O2S/c1-37-24-34-19-10(23(35-24)36-4-5-38-8-12-17(27)20(12)36)6-13(25(29,30)31)16(18(19)28)9-2-3-14(26)21-15(9)11(7-32)22(33)39-21/h2-3,6,12,17,20H,4-5,8,33H2,1H3. The van der Waals surface area contributed by atoms with Gasteiger partial charge in [0.15, 0.2) is 5.82 Å². The molecule has 2 aromatic carbocycles. The smallest absolute Gasteiger partial charge is 0.417 e. The summed E-state index contributed by atoms with van der Waals surface area (Å²) in [6.45, 7) is 0.393. The maximum atomic E-state index is 16.4. The first-order chi connectivity index (χ1) is 18.6. The third-order valence-electron chi connectivity index (χ3n) is 7.03. The first-order valence-electron chi connectivity index (χ1n) is 11.6. The number of methoxy groups -OCH3 is 1. The van der Waals surface area contributed by atoms with Crippen LogP contribution in [0.1, 0.15) is 11.1 Å². The SMILES string of the molecule is COc1nc(N2CCOCC3C(F)C32)c2cc(C(F)(F)F)c(-c3ccc(F)c4sc(N)c(C#N)c34)c(F)c2n1. The molecule has 0 spiro atoms. The number of rotatable bonds is 3. The minimum absolute atomic E-state index is 0.0971. The zero-order chi connectivity index (χ0) is 27.8. The number of anilines is 2. The predicted octanol–water partition coefficient (Wildman–Crippen LogP) is 5.44. The molecule has 0 radical (unpaired) electrons. The molecule has 2 aliphatic rings. The van der Waals surface area contributed by atoms with E-state index in [4.69, 9.17) is 15.2 Å². The number of hydrogen-bond acceptors (Lipinski definition) is 8. The van der Waals surface area contributed by atoms with Gasteiger partial charge in [-0.15, -0.1) is 11.3 Å². The van der Waals surface area contributed by atoms with Crippen molar-refractivity contribution in [2.45, 2.75) is 18.4 Å². The summed E-state index contributed by atoms with van der Waals surface area (Å²) in [5, 5.41) is 8.94. The molecule has 6 rings (SSSR count). The summed E-state index contributed by atoms with van der Waals surface area (Å²) < 4.78 is 99.5. The van der Waals surface area contributed by atoms with Gasteiger partial charge in [0.25, 0.3) is 0 Å². The van der Waals surface area contributed by atoms with Crippen molar-refractivity contribution in [3.05, 3.63) is 41.0 Å². The van der Waals surface area contributed by atoms with Crippen LogP contribution in [0, 0.1) is 28.9 Å². The van der Waals surface area contributed by atoms with Crippen LogP contribution in [0.2, 0.25) is 0 Å². The van der Waals surface area contributed by atoms with Crippen molar-refractivity contribution in [3.63, 3.8) is 0 Å². The van der Waals surface area contributed by atoms with Crippen LogP contribution in [0.5, 0.6) is 6.01 Å². The maximum absolute atomic E-state index is 16.4. The Kier molecular flexibility index (Phi) is 5.78. The van der Waals surface area contributed by atoms with Crippen LogP contribution in [-0.2, 0) is 10.9 Å². The van der Waals surface area contributed by atoms with Gasteiger partial charge >= 0.3 is 12.2 Å². The number of nitriles is 1. The summed E-state index contributed by atoms with van der Waals surface area (Å²) in [7, 11) is 1.20. The first kappa shape index (κ1) is 25.4. The summed E-state index contributed by atoms with van der Waals surface area (Å²) in [6.07, 6.45) is -6.39. The molecule has 1 aliphatic heterocycles. The Balaban J connectivity index is 1.70. The Hall–Kier alpha value is -3.83. The molecule has 14 heteroatoms. The van der Waals surface area contributed by atoms with Gasteiger partial charge in [0.05, 0.1) is 42.2 Å². The van der Waals surface area contributed by atoms with Crippen molar-refractivity contribution in [3.8, 4) is 23.2 Å². The van der Waals surface area contributed by atoms with Crippen LogP contribution in [0.4, 0.5) is 37.2 Å². The van der Waals surface area contributed by atoms with Gasteiger partial charge in [-0.25, -0.2) is 13.2 Å². The van der Waals surface area contributed by atoms with Gasteiger partial charge in [-0.3, -0.25) is 0 Å². The van der Waals surface area contributed by atoms with E-state index in [2.05, 4.69) is 9.97 Å². The van der Waals surface area contributed by atoms with Gasteiger partial charge in [0.2, 0.25) is 0 Å². The Labute approximate surface area is 220 Å². The van der Waals surface area contributed by atoms with Crippen LogP contribution in [0.15, 0.2) is 18.2 Å². The molecular weight excluding hydrogens is 548 g/mol. The molecule has 1 saturated heterocycles. The predicted molar refractivity (Wildman–Crippen MR) is 131 cm³/mol. The molecular formula is C25H17F6N5O2S. The first-order valence-corrected chi connectivity index (χ1v) is 12.4. The van der Waals surface area contributed by atoms with E-state index in [1.54, 1.807) is 6.07 Å². The molecule has 7 nitrogen and oxygen atoms in total. The fourth-order valence-electron chi connectivity index (χ4n) is 5.18. The average Bonchev–Trinajstić information content (AvgIpc) is 3.48. The minimum Gasteiger partial charge on any atom is -0.467 e. The largest absolute Gasteiger partial charge is 0.467 e. The number of thiophene rings is 1. The maximum Gasteiger partial charge on any atom is 0.417 e. The second-order valence-electron chi connectivity index (χ2n) is 9.16. The number of nitrogens with two attached hydrogens (primary N) is 1. The summed E-state index contributed by atoms with van der Waals surface area (Å²) in [6, 6.07) is 3.26. The van der Waals surface area contributed by atoms with Crippen molar-refractivity contribution in [1.29, 1.82) is 5.26 Å². The molecule has 1 saturated carbocycles. The molecule has 2 fully saturated rings. The Morgan fingerprint density at radius 1 is 1.26 bits per heavy atom. The Morgan fingerprint density at radius 3 is 2.72 bits per heavy atom. The Bertz CT molecular complexity index is 1700. The van der Waals surface area contributed by atoms with E-state index in [1.807, 2.05) is 0 Å². The Morgan fingerprint density at radius 2 is 2.03 bits per heavy atom. The van der Waals surface area contributed by atoms with E-state index in [9.17, 15) is 27.2 Å². The topological polar surface area (TPSA) is 97.3 Å². The minimum atomic E-state index is -5.09. The second kappa shape index (κ2) is 8.85. The van der Waals surface area contributed by atoms with Gasteiger partial charge in [-0.2, -0.15) is 28.4 Å². The number of nitrogen functional groups attached to an aromatic ring is 1. The number of halogens is 6. The number of nitrogens with zero attached hydrogens (tertiary/aromatic N) is 4. The van der Waals surface area contributed by atoms with Crippen LogP contribution in [0.3, 0.4) is 0 Å². The van der Waals surface area contributed by atoms with E-state index >= 15 is 4.39 Å². The molecule has 0 bridgehead atoms. The molecule has 3 unspecified atom stereocenters. The summed E-state index contributed by atoms with van der Waals surface area (Å²) in [5.74, 6) is -2.85.